The van der Waals surface area contributed by atoms with E-state index in [1.165, 1.54) is 0 Å². The van der Waals surface area contributed by atoms with Crippen LogP contribution in [0.2, 0.25) is 0 Å². The number of benzene rings is 1. The van der Waals surface area contributed by atoms with Crippen molar-refractivity contribution in [2.45, 2.75) is 12.6 Å². The van der Waals surface area contributed by atoms with Crippen molar-refractivity contribution in [3.8, 4) is 22.8 Å². The zero-order valence-electron chi connectivity index (χ0n) is 18.2. The first kappa shape index (κ1) is 20.2. The third-order valence-corrected chi connectivity index (χ3v) is 6.09. The van der Waals surface area contributed by atoms with Crippen molar-refractivity contribution in [3.05, 3.63) is 42.2 Å². The molecule has 0 aliphatic carbocycles. The summed E-state index contributed by atoms with van der Waals surface area (Å²) in [7, 11) is 5.28. The number of carbonyl (C=O) groups is 1. The third kappa shape index (κ3) is 3.40. The SMILES string of the molecule is COc1cc2c(-c3cc4c(CN5CC(NC(=O)O)C5)ccnc4[nH]3)cn(C)c2cc1OC. The summed E-state index contributed by atoms with van der Waals surface area (Å²) >= 11 is 0. The van der Waals surface area contributed by atoms with Gasteiger partial charge in [-0.15, -0.1) is 0 Å². The molecule has 32 heavy (non-hydrogen) atoms. The average Bonchev–Trinajstić information content (AvgIpc) is 3.32. The fourth-order valence-electron chi connectivity index (χ4n) is 4.49. The Morgan fingerprint density at radius 2 is 1.97 bits per heavy atom. The zero-order valence-corrected chi connectivity index (χ0v) is 18.2. The van der Waals surface area contributed by atoms with Crippen LogP contribution in [0.4, 0.5) is 4.79 Å². The largest absolute Gasteiger partial charge is 0.493 e. The molecule has 0 unspecified atom stereocenters. The van der Waals surface area contributed by atoms with Gasteiger partial charge in [-0.1, -0.05) is 0 Å². The number of aromatic nitrogens is 3. The number of hydrogen-bond acceptors (Lipinski definition) is 5. The van der Waals surface area contributed by atoms with Crippen LogP contribution in [0, 0.1) is 0 Å². The van der Waals surface area contributed by atoms with Gasteiger partial charge in [-0.05, 0) is 23.8 Å². The van der Waals surface area contributed by atoms with Crippen LogP contribution in [-0.4, -0.2) is 64.0 Å². The fourth-order valence-corrected chi connectivity index (χ4v) is 4.49. The van der Waals surface area contributed by atoms with Gasteiger partial charge in [0.25, 0.3) is 0 Å². The highest BCUT2D eigenvalue weighted by molar-refractivity contribution is 5.99. The lowest BCUT2D eigenvalue weighted by Crippen LogP contribution is -2.58. The molecular weight excluding hydrogens is 410 g/mol. The molecule has 1 fully saturated rings. The number of methoxy groups -OCH3 is 2. The Morgan fingerprint density at radius 1 is 1.22 bits per heavy atom. The third-order valence-electron chi connectivity index (χ3n) is 6.09. The molecule has 9 nitrogen and oxygen atoms in total. The number of amides is 1. The number of nitrogens with one attached hydrogen (secondary N) is 2. The lowest BCUT2D eigenvalue weighted by atomic mass is 10.1. The molecule has 1 aliphatic rings. The number of hydrogen-bond donors (Lipinski definition) is 3. The van der Waals surface area contributed by atoms with Gasteiger partial charge in [0.15, 0.2) is 11.5 Å². The number of H-pyrrole nitrogens is 1. The highest BCUT2D eigenvalue weighted by atomic mass is 16.5. The quantitative estimate of drug-likeness (QED) is 0.430. The van der Waals surface area contributed by atoms with Crippen molar-refractivity contribution in [1.29, 1.82) is 0 Å². The number of rotatable bonds is 6. The number of likely N-dealkylation sites (tertiary alicyclic amines) is 1. The summed E-state index contributed by atoms with van der Waals surface area (Å²) in [5, 5.41) is 13.5. The van der Waals surface area contributed by atoms with Gasteiger partial charge in [0.05, 0.1) is 25.8 Å². The molecule has 4 aromatic rings. The Labute approximate surface area is 184 Å². The Morgan fingerprint density at radius 3 is 2.69 bits per heavy atom. The second kappa shape index (κ2) is 7.76. The van der Waals surface area contributed by atoms with Crippen molar-refractivity contribution in [1.82, 2.24) is 24.8 Å². The molecule has 0 atom stereocenters. The fraction of sp³-hybridized carbons (Fsp3) is 0.304. The van der Waals surface area contributed by atoms with Crippen LogP contribution < -0.4 is 14.8 Å². The van der Waals surface area contributed by atoms with E-state index in [9.17, 15) is 4.79 Å². The van der Waals surface area contributed by atoms with E-state index in [0.717, 1.165) is 45.3 Å². The summed E-state index contributed by atoms with van der Waals surface area (Å²) in [6, 6.07) is 8.13. The Bertz CT molecular complexity index is 1320. The van der Waals surface area contributed by atoms with E-state index in [-0.39, 0.29) is 6.04 Å². The van der Waals surface area contributed by atoms with Gasteiger partial charge < -0.3 is 29.4 Å². The molecule has 1 aromatic carbocycles. The minimum atomic E-state index is -0.972. The van der Waals surface area contributed by atoms with Gasteiger partial charge >= 0.3 is 6.09 Å². The average molecular weight is 435 g/mol. The first-order chi connectivity index (χ1) is 15.5. The van der Waals surface area contributed by atoms with Crippen molar-refractivity contribution >= 4 is 28.0 Å². The molecule has 4 heterocycles. The van der Waals surface area contributed by atoms with Gasteiger partial charge in [0, 0.05) is 67.2 Å². The van der Waals surface area contributed by atoms with Crippen LogP contribution in [0.25, 0.3) is 33.2 Å². The highest BCUT2D eigenvalue weighted by Gasteiger charge is 2.28. The van der Waals surface area contributed by atoms with Crippen molar-refractivity contribution in [3.63, 3.8) is 0 Å². The van der Waals surface area contributed by atoms with Crippen LogP contribution in [0.3, 0.4) is 0 Å². The maximum absolute atomic E-state index is 10.8. The molecule has 0 bridgehead atoms. The number of pyridine rings is 1. The van der Waals surface area contributed by atoms with E-state index < -0.39 is 6.09 Å². The predicted octanol–water partition coefficient (Wildman–Crippen LogP) is 3.19. The number of fused-ring (bicyclic) bond motifs is 2. The molecule has 1 aliphatic heterocycles. The number of aryl methyl sites for hydroxylation is 1. The predicted molar refractivity (Wildman–Crippen MR) is 121 cm³/mol. The Hall–Kier alpha value is -3.72. The molecule has 5 rings (SSSR count). The number of ether oxygens (including phenoxy) is 2. The molecule has 0 saturated carbocycles. The number of aromatic amines is 1. The second-order valence-corrected chi connectivity index (χ2v) is 8.13. The van der Waals surface area contributed by atoms with Gasteiger partial charge in [0.1, 0.15) is 5.65 Å². The molecule has 0 spiro atoms. The normalized spacial score (nSPS) is 14.6. The lowest BCUT2D eigenvalue weighted by molar-refractivity contribution is 0.112. The first-order valence-corrected chi connectivity index (χ1v) is 10.4. The maximum Gasteiger partial charge on any atom is 0.404 e. The number of carboxylic acid groups (broad SMARTS) is 1. The minimum absolute atomic E-state index is 0.00531. The summed E-state index contributed by atoms with van der Waals surface area (Å²) < 4.78 is 13.0. The summed E-state index contributed by atoms with van der Waals surface area (Å²) in [4.78, 5) is 21.0. The topological polar surface area (TPSA) is 105 Å². The Balaban J connectivity index is 1.49. The van der Waals surface area contributed by atoms with E-state index >= 15 is 0 Å². The molecule has 1 amide bonds. The van der Waals surface area contributed by atoms with Crippen LogP contribution in [-0.2, 0) is 13.6 Å². The molecular formula is C23H25N5O4. The monoisotopic (exact) mass is 435 g/mol. The molecule has 166 valence electrons. The van der Waals surface area contributed by atoms with Crippen molar-refractivity contribution < 1.29 is 19.4 Å². The van der Waals surface area contributed by atoms with Crippen LogP contribution >= 0.6 is 0 Å². The van der Waals surface area contributed by atoms with E-state index in [1.807, 2.05) is 31.4 Å². The van der Waals surface area contributed by atoms with Gasteiger partial charge in [-0.3, -0.25) is 4.90 Å². The van der Waals surface area contributed by atoms with E-state index in [1.54, 1.807) is 14.2 Å². The minimum Gasteiger partial charge on any atom is -0.493 e. The van der Waals surface area contributed by atoms with Crippen molar-refractivity contribution in [2.24, 2.45) is 7.05 Å². The smallest absolute Gasteiger partial charge is 0.404 e. The first-order valence-electron chi connectivity index (χ1n) is 10.4. The summed E-state index contributed by atoms with van der Waals surface area (Å²) in [5.74, 6) is 1.38. The molecule has 3 N–H and O–H groups in total. The molecule has 0 radical (unpaired) electrons. The number of nitrogens with zero attached hydrogens (tertiary/aromatic N) is 3. The van der Waals surface area contributed by atoms with Gasteiger partial charge in [-0.2, -0.15) is 0 Å². The highest BCUT2D eigenvalue weighted by Crippen LogP contribution is 2.38. The van der Waals surface area contributed by atoms with Crippen molar-refractivity contribution in [2.75, 3.05) is 27.3 Å². The van der Waals surface area contributed by atoms with Crippen LogP contribution in [0.1, 0.15) is 5.56 Å². The van der Waals surface area contributed by atoms with Crippen LogP contribution in [0.15, 0.2) is 36.7 Å². The van der Waals surface area contributed by atoms with Gasteiger partial charge in [-0.25, -0.2) is 9.78 Å². The summed E-state index contributed by atoms with van der Waals surface area (Å²) in [6.07, 6.45) is 2.92. The second-order valence-electron chi connectivity index (χ2n) is 8.13. The zero-order chi connectivity index (χ0) is 22.4. The van der Waals surface area contributed by atoms with E-state index in [0.29, 0.717) is 24.6 Å². The Kier molecular flexibility index (Phi) is 4.90. The molecule has 3 aromatic heterocycles. The molecule has 9 heteroatoms. The lowest BCUT2D eigenvalue weighted by Gasteiger charge is -2.38. The summed E-state index contributed by atoms with van der Waals surface area (Å²) in [5.41, 5.74) is 5.07. The van der Waals surface area contributed by atoms with E-state index in [2.05, 4.69) is 37.0 Å². The van der Waals surface area contributed by atoms with Gasteiger partial charge in [0.2, 0.25) is 0 Å². The van der Waals surface area contributed by atoms with Crippen LogP contribution in [0.5, 0.6) is 11.5 Å². The maximum atomic E-state index is 10.8. The molecule has 1 saturated heterocycles. The van der Waals surface area contributed by atoms with E-state index in [4.69, 9.17) is 14.6 Å². The standard InChI is InChI=1S/C23H25N5O4/c1-27-12-17(16-7-20(31-2)21(32-3)8-19(16)27)18-6-15-13(4-5-24-22(15)26-18)9-28-10-14(11-28)25-23(29)30/h4-8,12,14,25H,9-11H2,1-3H3,(H,24,26)(H,29,30). The summed E-state index contributed by atoms with van der Waals surface area (Å²) in [6.45, 7) is 2.16.